The lowest BCUT2D eigenvalue weighted by Crippen LogP contribution is -2.55. The van der Waals surface area contributed by atoms with Crippen LogP contribution in [0.15, 0.2) is 0 Å². The maximum Gasteiger partial charge on any atom is 0.178 e. The Morgan fingerprint density at radius 2 is 0.378 bits per heavy atom. The van der Waals surface area contributed by atoms with Gasteiger partial charge in [0.15, 0.2) is 46.5 Å². The Kier molecular flexibility index (Phi) is 62.9. The van der Waals surface area contributed by atoms with Gasteiger partial charge in [-0.2, -0.15) is 0 Å². The zero-order valence-corrected chi connectivity index (χ0v) is 54.9. The first-order valence-electron chi connectivity index (χ1n) is 36.0. The molecule has 0 rings (SSSR count). The average Bonchev–Trinajstić information content (AvgIpc) is 3.53. The summed E-state index contributed by atoms with van der Waals surface area (Å²) < 4.78 is 0. The minimum Gasteiger partial charge on any atom is -0.393 e. The van der Waals surface area contributed by atoms with E-state index in [1.54, 1.807) is 0 Å². The summed E-state index contributed by atoms with van der Waals surface area (Å²) in [6.07, 6.45) is 62.0. The highest BCUT2D eigenvalue weighted by atomic mass is 16.4. The van der Waals surface area contributed by atoms with E-state index in [1.165, 1.54) is 244 Å². The first kappa shape index (κ1) is 82.5. The second-order valence-corrected chi connectivity index (χ2v) is 25.4. The normalized spacial score (nSPS) is 13.8. The Labute approximate surface area is 507 Å². The van der Waals surface area contributed by atoms with Crippen LogP contribution in [0.5, 0.6) is 0 Å². The van der Waals surface area contributed by atoms with Crippen LogP contribution in [-0.2, 0) is 19.2 Å². The van der Waals surface area contributed by atoms with E-state index < -0.39 is 59.8 Å². The fraction of sp³-hybridized carbons (Fsp3) is 0.944. The molecule has 0 aromatic heterocycles. The molecule has 4 unspecified atom stereocenters. The third kappa shape index (κ3) is 48.5. The van der Waals surface area contributed by atoms with E-state index >= 15 is 0 Å². The number of hydrogen-bond acceptors (Lipinski definition) is 10. The lowest BCUT2D eigenvalue weighted by molar-refractivity contribution is -0.165. The summed E-state index contributed by atoms with van der Waals surface area (Å²) in [5.74, 6) is -2.33. The Morgan fingerprint density at radius 1 is 0.244 bits per heavy atom. The molecule has 0 spiro atoms. The van der Waals surface area contributed by atoms with Crippen molar-refractivity contribution in [3.05, 3.63) is 0 Å². The summed E-state index contributed by atoms with van der Waals surface area (Å²) in [5.41, 5.74) is -4.74. The summed E-state index contributed by atoms with van der Waals surface area (Å²) in [4.78, 5) is 50.2. The van der Waals surface area contributed by atoms with Gasteiger partial charge in [0.2, 0.25) is 0 Å². The fourth-order valence-electron chi connectivity index (χ4n) is 11.5. The highest BCUT2D eigenvalue weighted by Gasteiger charge is 2.46. The van der Waals surface area contributed by atoms with Crippen LogP contribution in [0.3, 0.4) is 0 Å². The van der Waals surface area contributed by atoms with E-state index in [1.807, 2.05) is 0 Å². The number of ketones is 4. The van der Waals surface area contributed by atoms with Crippen LogP contribution < -0.4 is 0 Å². The lowest BCUT2D eigenvalue weighted by Gasteiger charge is -2.29. The smallest absolute Gasteiger partial charge is 0.178 e. The van der Waals surface area contributed by atoms with Crippen LogP contribution in [0.1, 0.15) is 400 Å². The van der Waals surface area contributed by atoms with Gasteiger partial charge in [0, 0.05) is 25.7 Å². The van der Waals surface area contributed by atoms with Crippen LogP contribution in [0.4, 0.5) is 0 Å². The Hall–Kier alpha value is -1.56. The van der Waals surface area contributed by atoms with Crippen molar-refractivity contribution in [2.24, 2.45) is 0 Å². The number of aliphatic hydroxyl groups excluding tert-OH is 4. The molecule has 0 aliphatic heterocycles. The molecule has 488 valence electrons. The quantitative estimate of drug-likeness (QED) is 0.0320. The maximum absolute atomic E-state index is 12.6. The molecule has 0 saturated carbocycles. The molecule has 0 saturated heterocycles. The fourth-order valence-corrected chi connectivity index (χ4v) is 11.5. The molecule has 4 atom stereocenters. The van der Waals surface area contributed by atoms with Crippen molar-refractivity contribution in [1.82, 2.24) is 0 Å². The molecular formula is C72H140O10. The van der Waals surface area contributed by atoms with E-state index in [0.29, 0.717) is 25.7 Å². The van der Waals surface area contributed by atoms with Crippen LogP contribution in [0, 0.1) is 0 Å². The molecule has 10 nitrogen and oxygen atoms in total. The van der Waals surface area contributed by atoms with Gasteiger partial charge >= 0.3 is 0 Å². The van der Waals surface area contributed by atoms with Crippen molar-refractivity contribution >= 4 is 23.1 Å². The van der Waals surface area contributed by atoms with Gasteiger partial charge in [-0.05, 0) is 25.7 Å². The summed E-state index contributed by atoms with van der Waals surface area (Å²) in [6.45, 7) is 7.15. The van der Waals surface area contributed by atoms with Crippen LogP contribution in [0.2, 0.25) is 0 Å². The van der Waals surface area contributed by atoms with E-state index in [9.17, 15) is 49.8 Å². The molecule has 0 aromatic rings. The number of hydrogen-bond donors (Lipinski definition) is 6. The predicted octanol–water partition coefficient (Wildman–Crippen LogP) is 19.1. The SMILES string of the molecule is CCCCCCCCCCCCCCCC(=O)C(O)C(O)(CO)C(=O)CCCCCCCCCCCCCCC.CCCCCCCCCCCCCCCCCC(=O)C(O)(CO)C(O)C(=O)CCCCCCCCCCCCCCC. The van der Waals surface area contributed by atoms with Crippen molar-refractivity contribution in [2.45, 2.75) is 424 Å². The molecule has 0 aromatic carbocycles. The van der Waals surface area contributed by atoms with E-state index in [2.05, 4.69) is 27.7 Å². The first-order valence-corrected chi connectivity index (χ1v) is 36.0. The molecule has 0 aliphatic rings. The third-order valence-electron chi connectivity index (χ3n) is 17.5. The molecule has 0 radical (unpaired) electrons. The molecule has 10 heteroatoms. The van der Waals surface area contributed by atoms with E-state index in [0.717, 1.165) is 77.0 Å². The van der Waals surface area contributed by atoms with Gasteiger partial charge in [-0.15, -0.1) is 0 Å². The van der Waals surface area contributed by atoms with Gasteiger partial charge in [-0.1, -0.05) is 349 Å². The molecule has 6 N–H and O–H groups in total. The number of carbonyl (C=O) groups is 4. The second kappa shape index (κ2) is 62.5. The number of aliphatic hydroxyl groups is 6. The zero-order chi connectivity index (χ0) is 60.9. The van der Waals surface area contributed by atoms with Gasteiger partial charge in [-0.25, -0.2) is 0 Å². The molecule has 82 heavy (non-hydrogen) atoms. The topological polar surface area (TPSA) is 190 Å². The van der Waals surface area contributed by atoms with Crippen molar-refractivity contribution in [3.63, 3.8) is 0 Å². The summed E-state index contributed by atoms with van der Waals surface area (Å²) in [5, 5.41) is 61.6. The van der Waals surface area contributed by atoms with Gasteiger partial charge in [-0.3, -0.25) is 19.2 Å². The molecular weight excluding hydrogens is 1020 g/mol. The average molecular weight is 1170 g/mol. The minimum atomic E-state index is -2.37. The third-order valence-corrected chi connectivity index (χ3v) is 17.5. The minimum absolute atomic E-state index is 0.0813. The number of unbranched alkanes of at least 4 members (excludes halogenated alkanes) is 50. The van der Waals surface area contributed by atoms with Gasteiger partial charge in [0.1, 0.15) is 0 Å². The number of carbonyl (C=O) groups excluding carboxylic acids is 4. The zero-order valence-electron chi connectivity index (χ0n) is 54.9. The van der Waals surface area contributed by atoms with Crippen LogP contribution in [-0.4, -0.2) is 90.4 Å². The largest absolute Gasteiger partial charge is 0.393 e. The summed E-state index contributed by atoms with van der Waals surface area (Å²) in [6, 6.07) is 0. The first-order chi connectivity index (χ1) is 39.9. The van der Waals surface area contributed by atoms with Gasteiger partial charge in [0.25, 0.3) is 0 Å². The summed E-state index contributed by atoms with van der Waals surface area (Å²) >= 11 is 0. The molecule has 0 bridgehead atoms. The van der Waals surface area contributed by atoms with Crippen LogP contribution >= 0.6 is 0 Å². The molecule has 0 amide bonds. The molecule has 0 heterocycles. The standard InChI is InChI=1S/C37H72O5.C35H68O5/c1-3-5-7-9-11-13-15-17-18-20-22-24-26-28-30-32-35(40)37(42,33-38)36(41)34(39)31-29-27-25-23-21-19-16-14-12-10-8-6-4-2;1-3-5-7-9-11-13-15-17-19-21-23-25-27-29-32(37)34(39)35(40,31-36)33(38)30-28-26-24-22-20-18-16-14-12-10-8-6-4-2/h36,38,41-42H,3-33H2,1-2H3;34,36,39-40H,3-31H2,1-2H3. The van der Waals surface area contributed by atoms with Crippen molar-refractivity contribution in [3.8, 4) is 0 Å². The lowest BCUT2D eigenvalue weighted by atomic mass is 9.85. The van der Waals surface area contributed by atoms with E-state index in [-0.39, 0.29) is 25.7 Å². The van der Waals surface area contributed by atoms with Gasteiger partial charge in [0.05, 0.1) is 13.2 Å². The Balaban J connectivity index is 0. The molecule has 0 fully saturated rings. The van der Waals surface area contributed by atoms with Crippen molar-refractivity contribution in [2.75, 3.05) is 13.2 Å². The van der Waals surface area contributed by atoms with Crippen LogP contribution in [0.25, 0.3) is 0 Å². The van der Waals surface area contributed by atoms with Crippen molar-refractivity contribution in [1.29, 1.82) is 0 Å². The highest BCUT2D eigenvalue weighted by Crippen LogP contribution is 2.24. The van der Waals surface area contributed by atoms with Crippen molar-refractivity contribution < 1.29 is 49.8 Å². The number of Topliss-reactive ketones (excluding diaryl/α,β-unsaturated/α-hetero) is 4. The highest BCUT2D eigenvalue weighted by molar-refractivity contribution is 5.97. The Bertz CT molecular complexity index is 1390. The van der Waals surface area contributed by atoms with Gasteiger partial charge < -0.3 is 30.6 Å². The summed E-state index contributed by atoms with van der Waals surface area (Å²) in [7, 11) is 0. The Morgan fingerprint density at radius 3 is 0.524 bits per heavy atom. The second-order valence-electron chi connectivity index (χ2n) is 25.4. The predicted molar refractivity (Wildman–Crippen MR) is 347 cm³/mol. The molecule has 0 aliphatic carbocycles. The monoisotopic (exact) mass is 1170 g/mol. The number of rotatable bonds is 66. The maximum atomic E-state index is 12.6. The van der Waals surface area contributed by atoms with E-state index in [4.69, 9.17) is 0 Å².